The van der Waals surface area contributed by atoms with E-state index in [1.54, 1.807) is 13.8 Å². The van der Waals surface area contributed by atoms with Gasteiger partial charge in [-0.25, -0.2) is 13.2 Å². The van der Waals surface area contributed by atoms with Gasteiger partial charge < -0.3 is 10.4 Å². The molecule has 0 aliphatic heterocycles. The monoisotopic (exact) mass is 233 g/mol. The lowest BCUT2D eigenvalue weighted by Gasteiger charge is -2.22. The van der Waals surface area contributed by atoms with Gasteiger partial charge in [0.1, 0.15) is 5.82 Å². The SMILES string of the molecule is CCC(C)(O)CNc1cc(F)cc(F)c1F. The van der Waals surface area contributed by atoms with E-state index in [9.17, 15) is 18.3 Å². The van der Waals surface area contributed by atoms with E-state index in [1.165, 1.54) is 0 Å². The Balaban J connectivity index is 2.82. The van der Waals surface area contributed by atoms with Gasteiger partial charge in [0, 0.05) is 18.7 Å². The second-order valence-corrected chi connectivity index (χ2v) is 3.95. The molecule has 0 heterocycles. The molecule has 0 amide bonds. The fraction of sp³-hybridized carbons (Fsp3) is 0.455. The summed E-state index contributed by atoms with van der Waals surface area (Å²) in [4.78, 5) is 0. The van der Waals surface area contributed by atoms with Crippen LogP contribution >= 0.6 is 0 Å². The van der Waals surface area contributed by atoms with Crippen molar-refractivity contribution < 1.29 is 18.3 Å². The van der Waals surface area contributed by atoms with Crippen LogP contribution in [0.25, 0.3) is 0 Å². The summed E-state index contributed by atoms with van der Waals surface area (Å²) < 4.78 is 38.8. The Labute approximate surface area is 92.1 Å². The molecule has 0 aliphatic carbocycles. The molecule has 1 aromatic rings. The van der Waals surface area contributed by atoms with Gasteiger partial charge in [-0.05, 0) is 13.3 Å². The average Bonchev–Trinajstić information content (AvgIpc) is 2.21. The van der Waals surface area contributed by atoms with Crippen LogP contribution < -0.4 is 5.32 Å². The van der Waals surface area contributed by atoms with Gasteiger partial charge >= 0.3 is 0 Å². The number of rotatable bonds is 4. The van der Waals surface area contributed by atoms with Gasteiger partial charge in [0.15, 0.2) is 11.6 Å². The first-order valence-electron chi connectivity index (χ1n) is 4.96. The zero-order valence-electron chi connectivity index (χ0n) is 9.15. The molecule has 2 nitrogen and oxygen atoms in total. The third kappa shape index (κ3) is 3.13. The van der Waals surface area contributed by atoms with E-state index in [-0.39, 0.29) is 12.2 Å². The molecule has 5 heteroatoms. The average molecular weight is 233 g/mol. The van der Waals surface area contributed by atoms with Crippen LogP contribution in [0.15, 0.2) is 12.1 Å². The van der Waals surface area contributed by atoms with Crippen molar-refractivity contribution in [2.45, 2.75) is 25.9 Å². The van der Waals surface area contributed by atoms with Crippen molar-refractivity contribution in [2.75, 3.05) is 11.9 Å². The van der Waals surface area contributed by atoms with E-state index < -0.39 is 23.1 Å². The molecular weight excluding hydrogens is 219 g/mol. The molecule has 1 atom stereocenters. The van der Waals surface area contributed by atoms with Crippen LogP contribution in [0.3, 0.4) is 0 Å². The number of halogens is 3. The number of aliphatic hydroxyl groups is 1. The molecule has 0 spiro atoms. The summed E-state index contributed by atoms with van der Waals surface area (Å²) >= 11 is 0. The molecule has 90 valence electrons. The van der Waals surface area contributed by atoms with E-state index in [1.807, 2.05) is 0 Å². The van der Waals surface area contributed by atoms with Gasteiger partial charge in [-0.15, -0.1) is 0 Å². The maximum absolute atomic E-state index is 13.2. The lowest BCUT2D eigenvalue weighted by molar-refractivity contribution is 0.0696. The highest BCUT2D eigenvalue weighted by molar-refractivity contribution is 5.45. The van der Waals surface area contributed by atoms with Crippen LogP contribution in [0.4, 0.5) is 18.9 Å². The summed E-state index contributed by atoms with van der Waals surface area (Å²) in [6.07, 6.45) is 0.444. The fourth-order valence-corrected chi connectivity index (χ4v) is 1.10. The van der Waals surface area contributed by atoms with E-state index >= 15 is 0 Å². The number of nitrogens with one attached hydrogen (secondary N) is 1. The molecule has 0 saturated carbocycles. The summed E-state index contributed by atoms with van der Waals surface area (Å²) in [5.41, 5.74) is -1.33. The van der Waals surface area contributed by atoms with Crippen molar-refractivity contribution in [3.8, 4) is 0 Å². The largest absolute Gasteiger partial charge is 0.388 e. The number of anilines is 1. The summed E-state index contributed by atoms with van der Waals surface area (Å²) in [6, 6.07) is 1.32. The Morgan fingerprint density at radius 2 is 1.94 bits per heavy atom. The lowest BCUT2D eigenvalue weighted by Crippen LogP contribution is -2.32. The second-order valence-electron chi connectivity index (χ2n) is 3.95. The Hall–Kier alpha value is -1.23. The summed E-state index contributed by atoms with van der Waals surface area (Å²) in [6.45, 7) is 3.32. The first-order valence-corrected chi connectivity index (χ1v) is 4.96. The highest BCUT2D eigenvalue weighted by atomic mass is 19.2. The molecule has 0 aliphatic rings. The van der Waals surface area contributed by atoms with E-state index in [4.69, 9.17) is 0 Å². The van der Waals surface area contributed by atoms with Crippen LogP contribution in [0.2, 0.25) is 0 Å². The minimum Gasteiger partial charge on any atom is -0.388 e. The Morgan fingerprint density at radius 3 is 2.50 bits per heavy atom. The zero-order chi connectivity index (χ0) is 12.3. The molecule has 16 heavy (non-hydrogen) atoms. The minimum absolute atomic E-state index is 0.0172. The summed E-state index contributed by atoms with van der Waals surface area (Å²) in [7, 11) is 0. The topological polar surface area (TPSA) is 32.3 Å². The van der Waals surface area contributed by atoms with Gasteiger partial charge in [-0.2, -0.15) is 0 Å². The normalized spacial score (nSPS) is 14.6. The van der Waals surface area contributed by atoms with Crippen molar-refractivity contribution in [2.24, 2.45) is 0 Å². The number of benzene rings is 1. The second kappa shape index (κ2) is 4.74. The van der Waals surface area contributed by atoms with Gasteiger partial charge in [0.25, 0.3) is 0 Å². The molecule has 0 fully saturated rings. The van der Waals surface area contributed by atoms with Crippen molar-refractivity contribution >= 4 is 5.69 Å². The van der Waals surface area contributed by atoms with E-state index in [0.29, 0.717) is 12.5 Å². The smallest absolute Gasteiger partial charge is 0.182 e. The summed E-state index contributed by atoms with van der Waals surface area (Å²) in [5.74, 6) is -3.26. The molecule has 0 radical (unpaired) electrons. The first kappa shape index (κ1) is 12.8. The molecule has 0 saturated heterocycles. The highest BCUT2D eigenvalue weighted by Gasteiger charge is 2.19. The molecule has 1 unspecified atom stereocenters. The minimum atomic E-state index is -1.25. The predicted octanol–water partition coefficient (Wildman–Crippen LogP) is 2.68. The quantitative estimate of drug-likeness (QED) is 0.784. The molecule has 1 rings (SSSR count). The lowest BCUT2D eigenvalue weighted by atomic mass is 10.0. The third-order valence-corrected chi connectivity index (χ3v) is 2.41. The fourth-order valence-electron chi connectivity index (χ4n) is 1.10. The van der Waals surface area contributed by atoms with E-state index in [2.05, 4.69) is 5.32 Å². The highest BCUT2D eigenvalue weighted by Crippen LogP contribution is 2.20. The molecule has 1 aromatic carbocycles. The van der Waals surface area contributed by atoms with Crippen LogP contribution in [-0.2, 0) is 0 Å². The van der Waals surface area contributed by atoms with Crippen molar-refractivity contribution in [3.63, 3.8) is 0 Å². The Kier molecular flexibility index (Phi) is 3.80. The van der Waals surface area contributed by atoms with Crippen LogP contribution in [-0.4, -0.2) is 17.3 Å². The summed E-state index contributed by atoms with van der Waals surface area (Å²) in [5, 5.41) is 12.1. The van der Waals surface area contributed by atoms with Crippen LogP contribution in [0.1, 0.15) is 20.3 Å². The number of hydrogen-bond donors (Lipinski definition) is 2. The number of hydrogen-bond acceptors (Lipinski definition) is 2. The Bertz CT molecular complexity index is 380. The molecule has 2 N–H and O–H groups in total. The van der Waals surface area contributed by atoms with Gasteiger partial charge in [0.2, 0.25) is 0 Å². The van der Waals surface area contributed by atoms with Crippen LogP contribution in [0.5, 0.6) is 0 Å². The van der Waals surface area contributed by atoms with Gasteiger partial charge in [-0.1, -0.05) is 6.92 Å². The zero-order valence-corrected chi connectivity index (χ0v) is 9.15. The van der Waals surface area contributed by atoms with Gasteiger partial charge in [-0.3, -0.25) is 0 Å². The van der Waals surface area contributed by atoms with Crippen molar-refractivity contribution in [3.05, 3.63) is 29.6 Å². The third-order valence-electron chi connectivity index (χ3n) is 2.41. The predicted molar refractivity (Wildman–Crippen MR) is 55.7 cm³/mol. The standard InChI is InChI=1S/C11H14F3NO/c1-3-11(2,16)6-15-9-5-7(12)4-8(13)10(9)14/h4-5,15-16H,3,6H2,1-2H3. The molecule has 0 aromatic heterocycles. The molecule has 0 bridgehead atoms. The maximum atomic E-state index is 13.2. The van der Waals surface area contributed by atoms with Gasteiger partial charge in [0.05, 0.1) is 11.3 Å². The van der Waals surface area contributed by atoms with Crippen LogP contribution in [0, 0.1) is 17.5 Å². The maximum Gasteiger partial charge on any atom is 0.182 e. The first-order chi connectivity index (χ1) is 7.35. The van der Waals surface area contributed by atoms with Crippen molar-refractivity contribution in [1.82, 2.24) is 0 Å². The van der Waals surface area contributed by atoms with Crippen molar-refractivity contribution in [1.29, 1.82) is 0 Å². The Morgan fingerprint density at radius 1 is 1.31 bits per heavy atom. The molecular formula is C11H14F3NO. The van der Waals surface area contributed by atoms with E-state index in [0.717, 1.165) is 6.07 Å².